The Morgan fingerprint density at radius 2 is 2.17 bits per heavy atom. The minimum atomic E-state index is -0.968. The standard InChI is InChI=1S/C13H15NO3S/c1-8-5-3-4-6-10(8)12-14(9(2)13(16)17)11(15)7-18-12/h3-6,9,12H,7H2,1-2H3,(H,16,17). The van der Waals surface area contributed by atoms with Crippen molar-refractivity contribution in [1.82, 2.24) is 4.90 Å². The third kappa shape index (κ3) is 2.22. The minimum Gasteiger partial charge on any atom is -0.480 e. The summed E-state index contributed by atoms with van der Waals surface area (Å²) >= 11 is 1.48. The molecule has 1 saturated heterocycles. The van der Waals surface area contributed by atoms with Crippen LogP contribution in [0.5, 0.6) is 0 Å². The highest BCUT2D eigenvalue weighted by Crippen LogP contribution is 2.41. The maximum absolute atomic E-state index is 11.9. The quantitative estimate of drug-likeness (QED) is 0.908. The SMILES string of the molecule is Cc1ccccc1C1SCC(=O)N1C(C)C(=O)O. The fraction of sp³-hybridized carbons (Fsp3) is 0.385. The molecule has 0 bridgehead atoms. The van der Waals surface area contributed by atoms with Crippen molar-refractivity contribution in [3.63, 3.8) is 0 Å². The van der Waals surface area contributed by atoms with Crippen molar-refractivity contribution in [1.29, 1.82) is 0 Å². The molecule has 0 radical (unpaired) electrons. The molecule has 1 amide bonds. The highest BCUT2D eigenvalue weighted by Gasteiger charge is 2.39. The number of hydrogen-bond acceptors (Lipinski definition) is 3. The molecule has 0 aromatic heterocycles. The Morgan fingerprint density at radius 3 is 2.78 bits per heavy atom. The fourth-order valence-electron chi connectivity index (χ4n) is 2.08. The molecule has 1 N–H and O–H groups in total. The second kappa shape index (κ2) is 5.02. The highest BCUT2D eigenvalue weighted by molar-refractivity contribution is 8.00. The number of thioether (sulfide) groups is 1. The van der Waals surface area contributed by atoms with E-state index >= 15 is 0 Å². The highest BCUT2D eigenvalue weighted by atomic mass is 32.2. The van der Waals surface area contributed by atoms with E-state index in [0.717, 1.165) is 11.1 Å². The van der Waals surface area contributed by atoms with Gasteiger partial charge in [0.1, 0.15) is 11.4 Å². The summed E-state index contributed by atoms with van der Waals surface area (Å²) in [7, 11) is 0. The fourth-order valence-corrected chi connectivity index (χ4v) is 3.43. The first-order chi connectivity index (χ1) is 8.52. The Labute approximate surface area is 110 Å². The normalized spacial score (nSPS) is 21.1. The molecule has 1 aromatic carbocycles. The predicted molar refractivity (Wildman–Crippen MR) is 70.3 cm³/mol. The Balaban J connectivity index is 2.35. The van der Waals surface area contributed by atoms with Gasteiger partial charge in [0.2, 0.25) is 5.91 Å². The molecule has 0 aliphatic carbocycles. The van der Waals surface area contributed by atoms with E-state index in [2.05, 4.69) is 0 Å². The molecule has 0 saturated carbocycles. The Kier molecular flexibility index (Phi) is 3.61. The van der Waals surface area contributed by atoms with Crippen LogP contribution in [0, 0.1) is 6.92 Å². The van der Waals surface area contributed by atoms with Crippen LogP contribution in [-0.4, -0.2) is 33.7 Å². The maximum atomic E-state index is 11.9. The van der Waals surface area contributed by atoms with E-state index < -0.39 is 12.0 Å². The second-order valence-corrected chi connectivity index (χ2v) is 5.40. The van der Waals surface area contributed by atoms with Crippen molar-refractivity contribution in [3.8, 4) is 0 Å². The first-order valence-corrected chi connectivity index (χ1v) is 6.78. The molecule has 96 valence electrons. The van der Waals surface area contributed by atoms with E-state index in [1.165, 1.54) is 16.7 Å². The molecule has 1 fully saturated rings. The third-order valence-corrected chi connectivity index (χ3v) is 4.34. The number of carbonyl (C=O) groups is 2. The number of rotatable bonds is 3. The van der Waals surface area contributed by atoms with Crippen molar-refractivity contribution < 1.29 is 14.7 Å². The molecular formula is C13H15NO3S. The maximum Gasteiger partial charge on any atom is 0.326 e. The molecule has 2 unspecified atom stereocenters. The van der Waals surface area contributed by atoms with Gasteiger partial charge in [-0.05, 0) is 25.0 Å². The summed E-state index contributed by atoms with van der Waals surface area (Å²) in [5.41, 5.74) is 2.09. The van der Waals surface area contributed by atoms with Crippen LogP contribution in [0.3, 0.4) is 0 Å². The molecule has 1 aliphatic heterocycles. The number of carboxylic acid groups (broad SMARTS) is 1. The lowest BCUT2D eigenvalue weighted by Crippen LogP contribution is -2.41. The molecule has 5 heteroatoms. The molecular weight excluding hydrogens is 250 g/mol. The number of aliphatic carboxylic acids is 1. The first-order valence-electron chi connectivity index (χ1n) is 5.73. The number of carbonyl (C=O) groups excluding carboxylic acids is 1. The van der Waals surface area contributed by atoms with Gasteiger partial charge in [-0.15, -0.1) is 11.8 Å². The average Bonchev–Trinajstić information content (AvgIpc) is 2.70. The molecule has 18 heavy (non-hydrogen) atoms. The van der Waals surface area contributed by atoms with Crippen molar-refractivity contribution in [2.75, 3.05) is 5.75 Å². The van der Waals surface area contributed by atoms with Gasteiger partial charge >= 0.3 is 5.97 Å². The second-order valence-electron chi connectivity index (χ2n) is 4.34. The number of nitrogens with zero attached hydrogens (tertiary/aromatic N) is 1. The minimum absolute atomic E-state index is 0.108. The van der Waals surface area contributed by atoms with E-state index in [4.69, 9.17) is 5.11 Å². The Morgan fingerprint density at radius 1 is 1.50 bits per heavy atom. The van der Waals surface area contributed by atoms with Crippen LogP contribution in [0.1, 0.15) is 23.4 Å². The lowest BCUT2D eigenvalue weighted by atomic mass is 10.1. The van der Waals surface area contributed by atoms with Gasteiger partial charge in [-0.2, -0.15) is 0 Å². The molecule has 1 heterocycles. The van der Waals surface area contributed by atoms with Gasteiger partial charge in [0.15, 0.2) is 0 Å². The van der Waals surface area contributed by atoms with Gasteiger partial charge in [0, 0.05) is 0 Å². The molecule has 1 aliphatic rings. The largest absolute Gasteiger partial charge is 0.480 e. The Hall–Kier alpha value is -1.49. The first kappa shape index (κ1) is 13.0. The number of aryl methyl sites for hydroxylation is 1. The zero-order valence-corrected chi connectivity index (χ0v) is 11.1. The van der Waals surface area contributed by atoms with E-state index in [-0.39, 0.29) is 11.3 Å². The summed E-state index contributed by atoms with van der Waals surface area (Å²) in [6.45, 7) is 3.53. The zero-order chi connectivity index (χ0) is 13.3. The van der Waals surface area contributed by atoms with Crippen LogP contribution in [0.2, 0.25) is 0 Å². The molecule has 2 rings (SSSR count). The lowest BCUT2D eigenvalue weighted by Gasteiger charge is -2.28. The van der Waals surface area contributed by atoms with Crippen molar-refractivity contribution in [3.05, 3.63) is 35.4 Å². The Bertz CT molecular complexity index is 489. The number of benzene rings is 1. The van der Waals surface area contributed by atoms with Crippen molar-refractivity contribution >= 4 is 23.6 Å². The van der Waals surface area contributed by atoms with Crippen LogP contribution < -0.4 is 0 Å². The van der Waals surface area contributed by atoms with Gasteiger partial charge in [-0.3, -0.25) is 4.79 Å². The summed E-state index contributed by atoms with van der Waals surface area (Å²) in [6.07, 6.45) is 0. The summed E-state index contributed by atoms with van der Waals surface area (Å²) < 4.78 is 0. The van der Waals surface area contributed by atoms with Gasteiger partial charge in [0.25, 0.3) is 0 Å². The van der Waals surface area contributed by atoms with Gasteiger partial charge in [-0.25, -0.2) is 4.79 Å². The van der Waals surface area contributed by atoms with Gasteiger partial charge in [0.05, 0.1) is 5.75 Å². The predicted octanol–water partition coefficient (Wildman–Crippen LogP) is 2.04. The summed E-state index contributed by atoms with van der Waals surface area (Å²) in [5.74, 6) is -0.732. The van der Waals surface area contributed by atoms with Crippen LogP contribution in [0.25, 0.3) is 0 Å². The molecule has 0 spiro atoms. The van der Waals surface area contributed by atoms with E-state index in [9.17, 15) is 9.59 Å². The average molecular weight is 265 g/mol. The monoisotopic (exact) mass is 265 g/mol. The van der Waals surface area contributed by atoms with Crippen LogP contribution in [0.4, 0.5) is 0 Å². The molecule has 1 aromatic rings. The van der Waals surface area contributed by atoms with Crippen LogP contribution in [0.15, 0.2) is 24.3 Å². The van der Waals surface area contributed by atoms with Gasteiger partial charge in [-0.1, -0.05) is 24.3 Å². The van der Waals surface area contributed by atoms with Gasteiger partial charge < -0.3 is 10.0 Å². The molecule has 4 nitrogen and oxygen atoms in total. The van der Waals surface area contributed by atoms with Crippen molar-refractivity contribution in [2.24, 2.45) is 0 Å². The smallest absolute Gasteiger partial charge is 0.326 e. The van der Waals surface area contributed by atoms with Crippen molar-refractivity contribution in [2.45, 2.75) is 25.3 Å². The summed E-state index contributed by atoms with van der Waals surface area (Å²) in [5, 5.41) is 8.90. The van der Waals surface area contributed by atoms with E-state index in [1.54, 1.807) is 6.92 Å². The number of hydrogen-bond donors (Lipinski definition) is 1. The topological polar surface area (TPSA) is 57.6 Å². The number of amides is 1. The van der Waals surface area contributed by atoms with E-state index in [0.29, 0.717) is 5.75 Å². The zero-order valence-electron chi connectivity index (χ0n) is 10.3. The summed E-state index contributed by atoms with van der Waals surface area (Å²) in [6, 6.07) is 6.98. The summed E-state index contributed by atoms with van der Waals surface area (Å²) in [4.78, 5) is 24.4. The van der Waals surface area contributed by atoms with Crippen LogP contribution in [-0.2, 0) is 9.59 Å². The number of carboxylic acids is 1. The third-order valence-electron chi connectivity index (χ3n) is 3.13. The molecule has 2 atom stereocenters. The van der Waals surface area contributed by atoms with E-state index in [1.807, 2.05) is 31.2 Å². The van der Waals surface area contributed by atoms with Crippen LogP contribution >= 0.6 is 11.8 Å². The lowest BCUT2D eigenvalue weighted by molar-refractivity contribution is -0.148.